The Bertz CT molecular complexity index is 817. The fraction of sp³-hybridized carbons (Fsp3) is 0.438. The number of fused-ring (bicyclic) bond motifs is 1. The molecule has 1 aliphatic rings. The predicted octanol–water partition coefficient (Wildman–Crippen LogP) is 0.729. The maximum Gasteiger partial charge on any atom is 0.325 e. The third-order valence-electron chi connectivity index (χ3n) is 3.67. The highest BCUT2D eigenvalue weighted by Crippen LogP contribution is 2.23. The first-order chi connectivity index (χ1) is 11.6. The second kappa shape index (κ2) is 7.22. The number of benzene rings is 1. The van der Waals surface area contributed by atoms with Crippen LogP contribution in [0.2, 0.25) is 0 Å². The molecule has 0 radical (unpaired) electrons. The van der Waals surface area contributed by atoms with Crippen molar-refractivity contribution in [2.75, 3.05) is 0 Å². The van der Waals surface area contributed by atoms with Gasteiger partial charge in [0.15, 0.2) is 0 Å². The van der Waals surface area contributed by atoms with Crippen LogP contribution in [-0.4, -0.2) is 43.3 Å². The molecule has 1 unspecified atom stereocenters. The molecule has 0 aromatic heterocycles. The van der Waals surface area contributed by atoms with Crippen molar-refractivity contribution in [2.45, 2.75) is 44.2 Å². The highest BCUT2D eigenvalue weighted by Gasteiger charge is 2.32. The molecule has 25 heavy (non-hydrogen) atoms. The van der Waals surface area contributed by atoms with Gasteiger partial charge in [-0.05, 0) is 31.4 Å². The Kier molecular flexibility index (Phi) is 5.46. The van der Waals surface area contributed by atoms with Crippen LogP contribution in [0.5, 0.6) is 0 Å². The Morgan fingerprint density at radius 2 is 1.88 bits per heavy atom. The van der Waals surface area contributed by atoms with Crippen LogP contribution in [0.4, 0.5) is 0 Å². The summed E-state index contributed by atoms with van der Waals surface area (Å²) in [5.74, 6) is -1.51. The molecule has 0 bridgehead atoms. The van der Waals surface area contributed by atoms with Crippen LogP contribution in [-0.2, 0) is 19.6 Å². The van der Waals surface area contributed by atoms with Crippen molar-refractivity contribution in [3.63, 3.8) is 0 Å². The Hall–Kier alpha value is -2.42. The van der Waals surface area contributed by atoms with Gasteiger partial charge in [-0.1, -0.05) is 26.0 Å². The number of hydrogen-bond donors (Lipinski definition) is 3. The number of nitrogens with one attached hydrogen (secondary N) is 2. The van der Waals surface area contributed by atoms with E-state index in [0.717, 1.165) is 0 Å². The second-order valence-electron chi connectivity index (χ2n) is 6.29. The number of nitrogens with zero attached hydrogens (tertiary/aromatic N) is 1. The summed E-state index contributed by atoms with van der Waals surface area (Å²) in [6, 6.07) is 4.40. The summed E-state index contributed by atoms with van der Waals surface area (Å²) in [4.78, 5) is 27.7. The molecule has 0 saturated carbocycles. The van der Waals surface area contributed by atoms with E-state index < -0.39 is 34.0 Å². The second-order valence-corrected chi connectivity index (χ2v) is 7.94. The molecule has 1 aromatic carbocycles. The molecular formula is C16H21N3O5S. The van der Waals surface area contributed by atoms with Crippen molar-refractivity contribution in [3.8, 4) is 0 Å². The first-order valence-electron chi connectivity index (χ1n) is 7.85. The number of carbonyl (C=O) groups excluding carboxylic acids is 1. The standard InChI is InChI=1S/C16H21N3O5S/c1-9(2)8-12(15(20)17-10(3)16(21)22)18-14-11-6-4-5-7-13(11)25(23,24)19-14/h4-7,9-10,12H,8H2,1-3H3,(H,17,20)(H,18,19)(H,21,22)/t10-,12?/m0/s1. The molecule has 1 aromatic rings. The summed E-state index contributed by atoms with van der Waals surface area (Å²) in [7, 11) is -3.70. The molecule has 0 spiro atoms. The van der Waals surface area contributed by atoms with Gasteiger partial charge in [0.05, 0.1) is 4.90 Å². The SMILES string of the molecule is CC(C)CC(N=C1NS(=O)(=O)c2ccccc21)C(=O)N[C@@H](C)C(=O)O. The molecule has 0 saturated heterocycles. The van der Waals surface area contributed by atoms with Gasteiger partial charge < -0.3 is 10.4 Å². The van der Waals surface area contributed by atoms with E-state index in [-0.39, 0.29) is 16.6 Å². The average molecular weight is 367 g/mol. The Morgan fingerprint density at radius 3 is 2.48 bits per heavy atom. The van der Waals surface area contributed by atoms with Crippen LogP contribution in [0.15, 0.2) is 34.2 Å². The van der Waals surface area contributed by atoms with Crippen molar-refractivity contribution in [1.82, 2.24) is 10.0 Å². The summed E-state index contributed by atoms with van der Waals surface area (Å²) < 4.78 is 26.6. The quantitative estimate of drug-likeness (QED) is 0.683. The Morgan fingerprint density at radius 1 is 1.24 bits per heavy atom. The topological polar surface area (TPSA) is 125 Å². The van der Waals surface area contributed by atoms with E-state index in [2.05, 4.69) is 15.0 Å². The van der Waals surface area contributed by atoms with Gasteiger partial charge in [0.1, 0.15) is 17.9 Å². The van der Waals surface area contributed by atoms with Crippen LogP contribution in [0.25, 0.3) is 0 Å². The van der Waals surface area contributed by atoms with Gasteiger partial charge in [-0.2, -0.15) is 0 Å². The molecule has 2 atom stereocenters. The molecule has 9 heteroatoms. The van der Waals surface area contributed by atoms with Crippen LogP contribution < -0.4 is 10.0 Å². The van der Waals surface area contributed by atoms with Crippen molar-refractivity contribution >= 4 is 27.7 Å². The van der Waals surface area contributed by atoms with Crippen LogP contribution >= 0.6 is 0 Å². The highest BCUT2D eigenvalue weighted by atomic mass is 32.2. The number of amides is 1. The number of sulfonamides is 1. The third kappa shape index (κ3) is 4.36. The monoisotopic (exact) mass is 367 g/mol. The van der Waals surface area contributed by atoms with Gasteiger partial charge in [-0.25, -0.2) is 8.42 Å². The molecule has 0 fully saturated rings. The van der Waals surface area contributed by atoms with Gasteiger partial charge in [0, 0.05) is 5.56 Å². The highest BCUT2D eigenvalue weighted by molar-refractivity contribution is 7.90. The van der Waals surface area contributed by atoms with Gasteiger partial charge in [-0.15, -0.1) is 0 Å². The summed E-state index contributed by atoms with van der Waals surface area (Å²) in [6.07, 6.45) is 0.353. The van der Waals surface area contributed by atoms with Crippen molar-refractivity contribution in [2.24, 2.45) is 10.9 Å². The number of carbonyl (C=O) groups is 2. The molecule has 2 rings (SSSR count). The van der Waals surface area contributed by atoms with Crippen molar-refractivity contribution in [3.05, 3.63) is 29.8 Å². The van der Waals surface area contributed by atoms with E-state index in [1.807, 2.05) is 13.8 Å². The van der Waals surface area contributed by atoms with E-state index in [4.69, 9.17) is 5.11 Å². The molecule has 0 aliphatic carbocycles. The first-order valence-corrected chi connectivity index (χ1v) is 9.33. The third-order valence-corrected chi connectivity index (χ3v) is 5.07. The van der Waals surface area contributed by atoms with Gasteiger partial charge in [0.2, 0.25) is 5.91 Å². The number of aliphatic carboxylic acids is 1. The van der Waals surface area contributed by atoms with Crippen molar-refractivity contribution in [1.29, 1.82) is 0 Å². The van der Waals surface area contributed by atoms with Crippen LogP contribution in [0.3, 0.4) is 0 Å². The lowest BCUT2D eigenvalue weighted by molar-refractivity contribution is -0.141. The normalized spacial score (nSPS) is 19.1. The number of carboxylic acid groups (broad SMARTS) is 1. The minimum Gasteiger partial charge on any atom is -0.480 e. The Balaban J connectivity index is 2.35. The summed E-state index contributed by atoms with van der Waals surface area (Å²) in [6.45, 7) is 5.15. The van der Waals surface area contributed by atoms with Crippen LogP contribution in [0.1, 0.15) is 32.8 Å². The number of aliphatic imine (C=N–C) groups is 1. The number of amidine groups is 1. The van der Waals surface area contributed by atoms with E-state index in [9.17, 15) is 18.0 Å². The number of carboxylic acids is 1. The zero-order valence-electron chi connectivity index (χ0n) is 14.2. The minimum atomic E-state index is -3.70. The fourth-order valence-corrected chi connectivity index (χ4v) is 3.66. The molecular weight excluding hydrogens is 346 g/mol. The minimum absolute atomic E-state index is 0.0966. The lowest BCUT2D eigenvalue weighted by Crippen LogP contribution is -2.44. The fourth-order valence-electron chi connectivity index (χ4n) is 2.42. The summed E-state index contributed by atoms with van der Waals surface area (Å²) in [5, 5.41) is 11.3. The summed E-state index contributed by atoms with van der Waals surface area (Å²) in [5.41, 5.74) is 0.398. The largest absolute Gasteiger partial charge is 0.480 e. The molecule has 1 amide bonds. The van der Waals surface area contributed by atoms with E-state index in [1.165, 1.54) is 13.0 Å². The molecule has 1 aliphatic heterocycles. The summed E-state index contributed by atoms with van der Waals surface area (Å²) >= 11 is 0. The molecule has 136 valence electrons. The van der Waals surface area contributed by atoms with E-state index in [0.29, 0.717) is 12.0 Å². The van der Waals surface area contributed by atoms with Crippen LogP contribution in [0, 0.1) is 5.92 Å². The zero-order valence-corrected chi connectivity index (χ0v) is 15.0. The number of rotatable bonds is 6. The maximum atomic E-state index is 12.4. The van der Waals surface area contributed by atoms with E-state index >= 15 is 0 Å². The van der Waals surface area contributed by atoms with Gasteiger partial charge >= 0.3 is 5.97 Å². The maximum absolute atomic E-state index is 12.4. The van der Waals surface area contributed by atoms with E-state index in [1.54, 1.807) is 18.2 Å². The molecule has 8 nitrogen and oxygen atoms in total. The van der Waals surface area contributed by atoms with Gasteiger partial charge in [-0.3, -0.25) is 19.3 Å². The lowest BCUT2D eigenvalue weighted by atomic mass is 10.0. The lowest BCUT2D eigenvalue weighted by Gasteiger charge is -2.17. The molecule has 1 heterocycles. The smallest absolute Gasteiger partial charge is 0.325 e. The van der Waals surface area contributed by atoms with Gasteiger partial charge in [0.25, 0.3) is 10.0 Å². The average Bonchev–Trinajstić information content (AvgIpc) is 2.77. The first kappa shape index (κ1) is 18.9. The Labute approximate surface area is 146 Å². The predicted molar refractivity (Wildman–Crippen MR) is 91.8 cm³/mol. The zero-order chi connectivity index (χ0) is 18.8. The molecule has 3 N–H and O–H groups in total. The van der Waals surface area contributed by atoms with Crippen molar-refractivity contribution < 1.29 is 23.1 Å². The number of hydrogen-bond acceptors (Lipinski definition) is 5.